The number of rotatable bonds is 5. The molecule has 6 nitrogen and oxygen atoms in total. The third-order valence-corrected chi connectivity index (χ3v) is 6.56. The zero-order chi connectivity index (χ0) is 22.1. The summed E-state index contributed by atoms with van der Waals surface area (Å²) in [6, 6.07) is 12.1. The molecule has 3 aromatic rings. The number of halogens is 2. The number of pyridine rings is 2. The normalized spacial score (nSPS) is 15.0. The Hall–Kier alpha value is -2.22. The van der Waals surface area contributed by atoms with E-state index in [0.29, 0.717) is 19.6 Å². The highest BCUT2D eigenvalue weighted by Gasteiger charge is 2.29. The summed E-state index contributed by atoms with van der Waals surface area (Å²) in [5.41, 5.74) is 4.38. The van der Waals surface area contributed by atoms with Crippen LogP contribution in [-0.4, -0.2) is 45.2 Å². The van der Waals surface area contributed by atoms with Crippen molar-refractivity contribution < 1.29 is 9.90 Å². The Balaban J connectivity index is 0.00000289. The van der Waals surface area contributed by atoms with Crippen LogP contribution in [0.3, 0.4) is 0 Å². The number of aliphatic carboxylic acids is 1. The predicted octanol–water partition coefficient (Wildman–Crippen LogP) is 4.84. The Morgan fingerprint density at radius 3 is 2.56 bits per heavy atom. The smallest absolute Gasteiger partial charge is 0.317 e. The van der Waals surface area contributed by atoms with Gasteiger partial charge in [-0.15, -0.1) is 12.4 Å². The van der Waals surface area contributed by atoms with Crippen molar-refractivity contribution in [3.63, 3.8) is 0 Å². The van der Waals surface area contributed by atoms with Gasteiger partial charge in [-0.1, -0.05) is 28.1 Å². The van der Waals surface area contributed by atoms with E-state index in [0.717, 1.165) is 50.7 Å². The summed E-state index contributed by atoms with van der Waals surface area (Å²) in [5.74, 6) is -0.733. The number of nitrogens with zero attached hydrogens (tertiary/aromatic N) is 3. The minimum atomic E-state index is -0.811. The first kappa shape index (κ1) is 24.4. The molecule has 0 radical (unpaired) electrons. The van der Waals surface area contributed by atoms with Crippen molar-refractivity contribution in [1.82, 2.24) is 14.5 Å². The Labute approximate surface area is 201 Å². The summed E-state index contributed by atoms with van der Waals surface area (Å²) < 4.78 is 2.74. The highest BCUT2D eigenvalue weighted by molar-refractivity contribution is 9.10. The number of likely N-dealkylation sites (tertiary alicyclic amines) is 1. The van der Waals surface area contributed by atoms with E-state index in [1.165, 1.54) is 0 Å². The van der Waals surface area contributed by atoms with E-state index < -0.39 is 5.97 Å². The molecule has 1 aliphatic rings. The Kier molecular flexibility index (Phi) is 7.75. The molecular weight excluding hydrogens is 494 g/mol. The van der Waals surface area contributed by atoms with Gasteiger partial charge < -0.3 is 5.11 Å². The summed E-state index contributed by atoms with van der Waals surface area (Å²) in [6.45, 7) is 5.85. The molecule has 3 heterocycles. The van der Waals surface area contributed by atoms with Crippen molar-refractivity contribution in [2.24, 2.45) is 0 Å². The van der Waals surface area contributed by atoms with E-state index in [1.54, 1.807) is 4.57 Å². The molecule has 170 valence electrons. The molecule has 1 aliphatic heterocycles. The second kappa shape index (κ2) is 10.1. The second-order valence-corrected chi connectivity index (χ2v) is 9.03. The van der Waals surface area contributed by atoms with Crippen molar-refractivity contribution in [3.05, 3.63) is 62.5 Å². The number of hydrogen-bond donors (Lipinski definition) is 1. The largest absolute Gasteiger partial charge is 0.480 e. The molecule has 1 N–H and O–H groups in total. The molecule has 0 unspecified atom stereocenters. The number of fused-ring (bicyclic) bond motifs is 1. The van der Waals surface area contributed by atoms with Crippen LogP contribution < -0.4 is 5.56 Å². The van der Waals surface area contributed by atoms with Crippen LogP contribution in [-0.2, 0) is 11.3 Å². The Morgan fingerprint density at radius 2 is 1.94 bits per heavy atom. The molecule has 1 fully saturated rings. The highest BCUT2D eigenvalue weighted by atomic mass is 79.9. The first-order valence-corrected chi connectivity index (χ1v) is 11.4. The van der Waals surface area contributed by atoms with E-state index >= 15 is 0 Å². The topological polar surface area (TPSA) is 75.4 Å². The number of benzene rings is 1. The fourth-order valence-electron chi connectivity index (χ4n) is 4.64. The van der Waals surface area contributed by atoms with Gasteiger partial charge in [-0.3, -0.25) is 19.1 Å². The summed E-state index contributed by atoms with van der Waals surface area (Å²) in [4.78, 5) is 31.5. The summed E-state index contributed by atoms with van der Waals surface area (Å²) in [5, 5.41) is 10.1. The molecule has 32 heavy (non-hydrogen) atoms. The van der Waals surface area contributed by atoms with Crippen LogP contribution in [0.1, 0.15) is 36.9 Å². The van der Waals surface area contributed by atoms with Gasteiger partial charge in [-0.25, -0.2) is 4.98 Å². The molecule has 0 amide bonds. The van der Waals surface area contributed by atoms with Gasteiger partial charge in [0.1, 0.15) is 5.65 Å². The maximum atomic E-state index is 13.8. The van der Waals surface area contributed by atoms with Crippen molar-refractivity contribution in [1.29, 1.82) is 0 Å². The molecule has 2 aromatic heterocycles. The van der Waals surface area contributed by atoms with Gasteiger partial charge in [0, 0.05) is 33.2 Å². The van der Waals surface area contributed by atoms with Gasteiger partial charge in [0.2, 0.25) is 0 Å². The quantitative estimate of drug-likeness (QED) is 0.521. The average Bonchev–Trinajstić information content (AvgIpc) is 2.73. The monoisotopic (exact) mass is 519 g/mol. The molecule has 0 saturated carbocycles. The lowest BCUT2D eigenvalue weighted by Gasteiger charge is -2.32. The zero-order valence-corrected chi connectivity index (χ0v) is 20.6. The minimum absolute atomic E-state index is 0. The number of carbonyl (C=O) groups is 1. The van der Waals surface area contributed by atoms with Crippen molar-refractivity contribution in [3.8, 4) is 11.1 Å². The molecule has 0 bridgehead atoms. The van der Waals surface area contributed by atoms with E-state index in [-0.39, 0.29) is 30.4 Å². The first-order valence-electron chi connectivity index (χ1n) is 10.6. The van der Waals surface area contributed by atoms with Gasteiger partial charge in [0.15, 0.2) is 0 Å². The van der Waals surface area contributed by atoms with Gasteiger partial charge in [0.05, 0.1) is 6.54 Å². The maximum Gasteiger partial charge on any atom is 0.317 e. The number of piperidine rings is 1. The van der Waals surface area contributed by atoms with Crippen molar-refractivity contribution in [2.75, 3.05) is 19.6 Å². The standard InChI is InChI=1S/C24H26BrN3O3.ClH/c1-3-28-23-19(8-7-15(2)26-23)21(17-5-4-6-18(25)13-17)22(24(28)31)16-9-11-27(12-10-16)14-20(29)30;/h4-8,13,16H,3,9-12,14H2,1-2H3,(H,29,30);1H. The molecule has 1 saturated heterocycles. The lowest BCUT2D eigenvalue weighted by molar-refractivity contribution is -0.138. The van der Waals surface area contributed by atoms with Crippen LogP contribution in [0.5, 0.6) is 0 Å². The number of carboxylic acids is 1. The fraction of sp³-hybridized carbons (Fsp3) is 0.375. The second-order valence-electron chi connectivity index (χ2n) is 8.12. The lowest BCUT2D eigenvalue weighted by Crippen LogP contribution is -2.38. The summed E-state index contributed by atoms with van der Waals surface area (Å²) in [7, 11) is 0. The third-order valence-electron chi connectivity index (χ3n) is 6.07. The van der Waals surface area contributed by atoms with E-state index in [9.17, 15) is 9.59 Å². The van der Waals surface area contributed by atoms with Crippen LogP contribution >= 0.6 is 28.3 Å². The molecule has 1 aromatic carbocycles. The van der Waals surface area contributed by atoms with E-state index in [1.807, 2.05) is 49.1 Å². The number of aromatic nitrogens is 2. The Morgan fingerprint density at radius 1 is 1.22 bits per heavy atom. The predicted molar refractivity (Wildman–Crippen MR) is 133 cm³/mol. The molecule has 8 heteroatoms. The molecule has 0 aliphatic carbocycles. The molecule has 4 rings (SSSR count). The van der Waals surface area contributed by atoms with Gasteiger partial charge >= 0.3 is 5.97 Å². The van der Waals surface area contributed by atoms with Crippen LogP contribution in [0, 0.1) is 6.92 Å². The fourth-order valence-corrected chi connectivity index (χ4v) is 5.03. The van der Waals surface area contributed by atoms with Crippen molar-refractivity contribution in [2.45, 2.75) is 39.2 Å². The van der Waals surface area contributed by atoms with Crippen LogP contribution in [0.4, 0.5) is 0 Å². The first-order chi connectivity index (χ1) is 14.9. The number of carboxylic acid groups (broad SMARTS) is 1. The Bertz CT molecular complexity index is 1200. The van der Waals surface area contributed by atoms with Gasteiger partial charge in [-0.05, 0) is 75.5 Å². The van der Waals surface area contributed by atoms with Crippen LogP contribution in [0.2, 0.25) is 0 Å². The summed E-state index contributed by atoms with van der Waals surface area (Å²) in [6.07, 6.45) is 1.52. The maximum absolute atomic E-state index is 13.8. The van der Waals surface area contributed by atoms with Crippen LogP contribution in [0.15, 0.2) is 45.7 Å². The molecular formula is C24H27BrClN3O3. The van der Waals surface area contributed by atoms with Crippen LogP contribution in [0.25, 0.3) is 22.2 Å². The lowest BCUT2D eigenvalue weighted by atomic mass is 9.84. The number of hydrogen-bond acceptors (Lipinski definition) is 4. The third kappa shape index (κ3) is 4.75. The highest BCUT2D eigenvalue weighted by Crippen LogP contribution is 2.38. The van der Waals surface area contributed by atoms with Gasteiger partial charge in [-0.2, -0.15) is 0 Å². The SMILES string of the molecule is CCn1c(=O)c(C2CCN(CC(=O)O)CC2)c(-c2cccc(Br)c2)c2ccc(C)nc21.Cl. The minimum Gasteiger partial charge on any atom is -0.480 e. The average molecular weight is 521 g/mol. The van der Waals surface area contributed by atoms with E-state index in [4.69, 9.17) is 10.1 Å². The van der Waals surface area contributed by atoms with Gasteiger partial charge in [0.25, 0.3) is 5.56 Å². The molecule has 0 spiro atoms. The molecule has 0 atom stereocenters. The van der Waals surface area contributed by atoms with Crippen molar-refractivity contribution >= 4 is 45.3 Å². The number of aryl methyl sites for hydroxylation is 2. The summed E-state index contributed by atoms with van der Waals surface area (Å²) >= 11 is 3.57. The zero-order valence-electron chi connectivity index (χ0n) is 18.2. The van der Waals surface area contributed by atoms with E-state index in [2.05, 4.69) is 22.0 Å².